The number of carbonyl (C=O) groups excluding carboxylic acids is 1. The number of carbonyl (C=O) groups is 1. The van der Waals surface area contributed by atoms with Gasteiger partial charge in [0.05, 0.1) is 16.4 Å². The van der Waals surface area contributed by atoms with Gasteiger partial charge in [0.1, 0.15) is 0 Å². The summed E-state index contributed by atoms with van der Waals surface area (Å²) in [4.78, 5) is 12.6. The predicted octanol–water partition coefficient (Wildman–Crippen LogP) is 7.06. The maximum absolute atomic E-state index is 12.6. The highest BCUT2D eigenvalue weighted by molar-refractivity contribution is 6.35. The van der Waals surface area contributed by atoms with E-state index < -0.39 is 0 Å². The number of amides is 1. The van der Waals surface area contributed by atoms with Crippen molar-refractivity contribution in [1.82, 2.24) is 0 Å². The maximum Gasteiger partial charge on any atom is 0.291 e. The standard InChI is InChI=1S/C22H16ClN3O2/c1-14-18-8-5-9-19(23)21(18)28-20(14)22(27)24-15-10-12-17(13-11-15)26-25-16-6-3-2-4-7-16/h2-13H,1H3,(H,24,27). The van der Waals surface area contributed by atoms with E-state index in [-0.39, 0.29) is 11.7 Å². The molecule has 138 valence electrons. The Morgan fingerprint density at radius 1 is 0.893 bits per heavy atom. The van der Waals surface area contributed by atoms with Crippen molar-refractivity contribution in [3.8, 4) is 0 Å². The highest BCUT2D eigenvalue weighted by Gasteiger charge is 2.19. The summed E-state index contributed by atoms with van der Waals surface area (Å²) in [7, 11) is 0. The van der Waals surface area contributed by atoms with Gasteiger partial charge >= 0.3 is 0 Å². The van der Waals surface area contributed by atoms with E-state index in [0.29, 0.717) is 22.0 Å². The minimum absolute atomic E-state index is 0.246. The molecule has 0 saturated carbocycles. The van der Waals surface area contributed by atoms with Gasteiger partial charge in [-0.15, -0.1) is 0 Å². The molecule has 1 heterocycles. The number of hydrogen-bond donors (Lipinski definition) is 1. The lowest BCUT2D eigenvalue weighted by Crippen LogP contribution is -2.11. The van der Waals surface area contributed by atoms with Crippen LogP contribution in [0.2, 0.25) is 5.02 Å². The summed E-state index contributed by atoms with van der Waals surface area (Å²) >= 11 is 6.15. The predicted molar refractivity (Wildman–Crippen MR) is 111 cm³/mol. The number of anilines is 1. The Morgan fingerprint density at radius 3 is 2.25 bits per heavy atom. The van der Waals surface area contributed by atoms with Crippen molar-refractivity contribution in [3.63, 3.8) is 0 Å². The topological polar surface area (TPSA) is 67.0 Å². The first kappa shape index (κ1) is 17.9. The zero-order valence-electron chi connectivity index (χ0n) is 15.0. The minimum Gasteiger partial charge on any atom is -0.449 e. The average Bonchev–Trinajstić information content (AvgIpc) is 3.06. The zero-order valence-corrected chi connectivity index (χ0v) is 15.8. The molecule has 3 aromatic carbocycles. The number of nitrogens with one attached hydrogen (secondary N) is 1. The Labute approximate surface area is 166 Å². The molecule has 0 aliphatic heterocycles. The summed E-state index contributed by atoms with van der Waals surface area (Å²) < 4.78 is 5.70. The molecule has 0 fully saturated rings. The summed E-state index contributed by atoms with van der Waals surface area (Å²) in [5, 5.41) is 12.5. The molecule has 4 aromatic rings. The van der Waals surface area contributed by atoms with Gasteiger partial charge in [-0.25, -0.2) is 0 Å². The molecule has 0 atom stereocenters. The Kier molecular flexibility index (Phi) is 4.91. The van der Waals surface area contributed by atoms with Crippen molar-refractivity contribution < 1.29 is 9.21 Å². The third-order valence-corrected chi connectivity index (χ3v) is 4.58. The van der Waals surface area contributed by atoms with Crippen LogP contribution in [-0.4, -0.2) is 5.91 Å². The molecule has 28 heavy (non-hydrogen) atoms. The van der Waals surface area contributed by atoms with Crippen LogP contribution in [0.15, 0.2) is 87.4 Å². The number of aryl methyl sites for hydroxylation is 1. The molecule has 0 bridgehead atoms. The molecule has 6 heteroatoms. The minimum atomic E-state index is -0.330. The van der Waals surface area contributed by atoms with Crippen LogP contribution in [0.25, 0.3) is 11.0 Å². The Bertz CT molecular complexity index is 1170. The number of para-hydroxylation sites is 1. The van der Waals surface area contributed by atoms with E-state index in [1.54, 1.807) is 30.3 Å². The third kappa shape index (κ3) is 3.66. The highest BCUT2D eigenvalue weighted by atomic mass is 35.5. The second-order valence-corrected chi connectivity index (χ2v) is 6.62. The van der Waals surface area contributed by atoms with Gasteiger partial charge in [-0.2, -0.15) is 10.2 Å². The van der Waals surface area contributed by atoms with Gasteiger partial charge < -0.3 is 9.73 Å². The van der Waals surface area contributed by atoms with Crippen LogP contribution in [0, 0.1) is 6.92 Å². The quantitative estimate of drug-likeness (QED) is 0.379. The molecule has 1 aromatic heterocycles. The van der Waals surface area contributed by atoms with Crippen molar-refractivity contribution in [2.75, 3.05) is 5.32 Å². The second-order valence-electron chi connectivity index (χ2n) is 6.21. The van der Waals surface area contributed by atoms with E-state index >= 15 is 0 Å². The van der Waals surface area contributed by atoms with Gasteiger partial charge in [-0.05, 0) is 49.4 Å². The molecule has 4 rings (SSSR count). The summed E-state index contributed by atoms with van der Waals surface area (Å²) in [6, 6.07) is 22.0. The van der Waals surface area contributed by atoms with Crippen molar-refractivity contribution >= 4 is 45.5 Å². The van der Waals surface area contributed by atoms with Gasteiger partial charge in [0, 0.05) is 16.6 Å². The molecule has 0 saturated heterocycles. The summed E-state index contributed by atoms with van der Waals surface area (Å²) in [6.45, 7) is 1.84. The normalized spacial score (nSPS) is 11.2. The number of rotatable bonds is 4. The van der Waals surface area contributed by atoms with Crippen molar-refractivity contribution in [2.45, 2.75) is 6.92 Å². The zero-order chi connectivity index (χ0) is 19.5. The molecule has 0 spiro atoms. The number of fused-ring (bicyclic) bond motifs is 1. The van der Waals surface area contributed by atoms with Gasteiger partial charge in [-0.1, -0.05) is 41.9 Å². The van der Waals surface area contributed by atoms with Crippen molar-refractivity contribution in [2.24, 2.45) is 10.2 Å². The smallest absolute Gasteiger partial charge is 0.291 e. The molecule has 0 aliphatic rings. The van der Waals surface area contributed by atoms with Gasteiger partial charge in [0.25, 0.3) is 5.91 Å². The van der Waals surface area contributed by atoms with Gasteiger partial charge in [0.2, 0.25) is 0 Å². The van der Waals surface area contributed by atoms with Crippen LogP contribution in [0.5, 0.6) is 0 Å². The van der Waals surface area contributed by atoms with Gasteiger partial charge in [-0.3, -0.25) is 4.79 Å². The Balaban J connectivity index is 1.50. The van der Waals surface area contributed by atoms with Crippen LogP contribution in [-0.2, 0) is 0 Å². The molecule has 0 unspecified atom stereocenters. The van der Waals surface area contributed by atoms with Crippen LogP contribution in [0.1, 0.15) is 16.1 Å². The SMILES string of the molecule is Cc1c(C(=O)Nc2ccc(N=Nc3ccccc3)cc2)oc2c(Cl)cccc12. The number of halogens is 1. The Hall–Kier alpha value is -3.44. The third-order valence-electron chi connectivity index (χ3n) is 4.28. The molecular formula is C22H16ClN3O2. The van der Waals surface area contributed by atoms with Crippen LogP contribution in [0.3, 0.4) is 0 Å². The molecule has 0 radical (unpaired) electrons. The van der Waals surface area contributed by atoms with Crippen LogP contribution < -0.4 is 5.32 Å². The lowest BCUT2D eigenvalue weighted by Gasteiger charge is -2.04. The van der Waals surface area contributed by atoms with E-state index in [0.717, 1.165) is 16.6 Å². The van der Waals surface area contributed by atoms with Crippen molar-refractivity contribution in [3.05, 3.63) is 89.1 Å². The highest BCUT2D eigenvalue weighted by Crippen LogP contribution is 2.31. The van der Waals surface area contributed by atoms with E-state index in [2.05, 4.69) is 15.5 Å². The fraction of sp³-hybridized carbons (Fsp3) is 0.0455. The monoisotopic (exact) mass is 389 g/mol. The fourth-order valence-corrected chi connectivity index (χ4v) is 3.05. The summed E-state index contributed by atoms with van der Waals surface area (Å²) in [6.07, 6.45) is 0. The van der Waals surface area contributed by atoms with E-state index in [4.69, 9.17) is 16.0 Å². The lowest BCUT2D eigenvalue weighted by atomic mass is 10.1. The molecular weight excluding hydrogens is 374 g/mol. The first-order chi connectivity index (χ1) is 13.6. The molecule has 1 N–H and O–H groups in total. The number of benzene rings is 3. The first-order valence-electron chi connectivity index (χ1n) is 8.67. The average molecular weight is 390 g/mol. The van der Waals surface area contributed by atoms with E-state index in [9.17, 15) is 4.79 Å². The summed E-state index contributed by atoms with van der Waals surface area (Å²) in [5.41, 5.74) is 3.37. The number of hydrogen-bond acceptors (Lipinski definition) is 4. The lowest BCUT2D eigenvalue weighted by molar-refractivity contribution is 0.0998. The summed E-state index contributed by atoms with van der Waals surface area (Å²) in [5.74, 6) is -0.0839. The van der Waals surface area contributed by atoms with E-state index in [1.165, 1.54) is 0 Å². The number of nitrogens with zero attached hydrogens (tertiary/aromatic N) is 2. The van der Waals surface area contributed by atoms with Crippen molar-refractivity contribution in [1.29, 1.82) is 0 Å². The van der Waals surface area contributed by atoms with Gasteiger partial charge in [0.15, 0.2) is 11.3 Å². The van der Waals surface area contributed by atoms with Crippen LogP contribution in [0.4, 0.5) is 17.1 Å². The molecule has 1 amide bonds. The maximum atomic E-state index is 12.6. The number of azo groups is 1. The van der Waals surface area contributed by atoms with Crippen LogP contribution >= 0.6 is 11.6 Å². The second kappa shape index (κ2) is 7.66. The fourth-order valence-electron chi connectivity index (χ4n) is 2.83. The first-order valence-corrected chi connectivity index (χ1v) is 9.05. The number of furan rings is 1. The largest absolute Gasteiger partial charge is 0.449 e. The molecule has 5 nitrogen and oxygen atoms in total. The van der Waals surface area contributed by atoms with E-state index in [1.807, 2.05) is 49.4 Å². The molecule has 0 aliphatic carbocycles. The Morgan fingerprint density at radius 2 is 1.57 bits per heavy atom.